The van der Waals surface area contributed by atoms with Crippen LogP contribution in [0.1, 0.15) is 22.8 Å². The molecule has 36 heavy (non-hydrogen) atoms. The normalized spacial score (nSPS) is 11.5. The Balaban J connectivity index is 1.52. The number of aromatic carboxylic acids is 1. The third-order valence-corrected chi connectivity index (χ3v) is 6.99. The average Bonchev–Trinajstić information content (AvgIpc) is 3.32. The number of fused-ring (bicyclic) bond motifs is 1. The summed E-state index contributed by atoms with van der Waals surface area (Å²) in [7, 11) is -3.89. The molecule has 4 heterocycles. The number of nitrogens with zero attached hydrogens (tertiary/aromatic N) is 4. The summed E-state index contributed by atoms with van der Waals surface area (Å²) in [6.45, 7) is 2.06. The standard InChI is InChI=1S/C25H20N6O4S/c1-2-15-5-7-16(8-6-15)23-22-19(25(32)33)12-21(28-24(22)30-29-23)20-10-9-18(14-27-20)36(34,35)31-17-4-3-11-26-13-17/h3-14,31H,2H2,1H3,(H,32,33)(H,28,29,30). The molecule has 3 N–H and O–H groups in total. The number of H-pyrrole nitrogens is 1. The Morgan fingerprint density at radius 1 is 1.06 bits per heavy atom. The summed E-state index contributed by atoms with van der Waals surface area (Å²) in [6.07, 6.45) is 5.00. The molecule has 0 atom stereocenters. The van der Waals surface area contributed by atoms with E-state index in [-0.39, 0.29) is 21.8 Å². The fourth-order valence-corrected chi connectivity index (χ4v) is 4.76. The van der Waals surface area contributed by atoms with Crippen LogP contribution in [0.4, 0.5) is 5.69 Å². The van der Waals surface area contributed by atoms with E-state index in [0.717, 1.165) is 17.5 Å². The zero-order valence-electron chi connectivity index (χ0n) is 19.0. The second-order valence-electron chi connectivity index (χ2n) is 7.93. The van der Waals surface area contributed by atoms with Crippen LogP contribution in [0.2, 0.25) is 0 Å². The van der Waals surface area contributed by atoms with Crippen molar-refractivity contribution in [2.24, 2.45) is 0 Å². The van der Waals surface area contributed by atoms with Gasteiger partial charge in [0.05, 0.1) is 39.9 Å². The first-order chi connectivity index (χ1) is 17.4. The van der Waals surface area contributed by atoms with Gasteiger partial charge in [0.25, 0.3) is 10.0 Å². The largest absolute Gasteiger partial charge is 0.478 e. The molecular formula is C25H20N6O4S. The summed E-state index contributed by atoms with van der Waals surface area (Å²) in [5, 5.41) is 17.5. The minimum atomic E-state index is -3.89. The fraction of sp³-hybridized carbons (Fsp3) is 0.0800. The van der Waals surface area contributed by atoms with Gasteiger partial charge in [0.15, 0.2) is 5.65 Å². The van der Waals surface area contributed by atoms with E-state index in [1.54, 1.807) is 12.1 Å². The van der Waals surface area contributed by atoms with Gasteiger partial charge in [0, 0.05) is 18.0 Å². The van der Waals surface area contributed by atoms with Gasteiger partial charge < -0.3 is 5.11 Å². The molecule has 0 radical (unpaired) electrons. The van der Waals surface area contributed by atoms with E-state index in [4.69, 9.17) is 0 Å². The number of hydrogen-bond acceptors (Lipinski definition) is 7. The number of carboxylic acids is 1. The van der Waals surface area contributed by atoms with Gasteiger partial charge in [0.1, 0.15) is 4.90 Å². The predicted molar refractivity (Wildman–Crippen MR) is 134 cm³/mol. The molecule has 4 aromatic heterocycles. The van der Waals surface area contributed by atoms with Gasteiger partial charge >= 0.3 is 5.97 Å². The van der Waals surface area contributed by atoms with E-state index < -0.39 is 16.0 Å². The van der Waals surface area contributed by atoms with Crippen molar-refractivity contribution < 1.29 is 18.3 Å². The number of aryl methyl sites for hydroxylation is 1. The lowest BCUT2D eigenvalue weighted by molar-refractivity contribution is 0.0699. The van der Waals surface area contributed by atoms with Gasteiger partial charge in [-0.2, -0.15) is 5.10 Å². The topological polar surface area (TPSA) is 151 Å². The molecule has 0 bridgehead atoms. The van der Waals surface area contributed by atoms with Crippen LogP contribution in [-0.4, -0.2) is 44.6 Å². The first-order valence-corrected chi connectivity index (χ1v) is 12.4. The lowest BCUT2D eigenvalue weighted by Gasteiger charge is -2.08. The van der Waals surface area contributed by atoms with Crippen molar-refractivity contribution in [3.05, 3.63) is 84.3 Å². The first kappa shape index (κ1) is 23.1. The molecular weight excluding hydrogens is 480 g/mol. The third-order valence-electron chi connectivity index (χ3n) is 5.63. The smallest absolute Gasteiger partial charge is 0.336 e. The highest BCUT2D eigenvalue weighted by atomic mass is 32.2. The Hall–Kier alpha value is -4.64. The number of benzene rings is 1. The van der Waals surface area contributed by atoms with Crippen molar-refractivity contribution in [3.8, 4) is 22.6 Å². The molecule has 0 saturated carbocycles. The van der Waals surface area contributed by atoms with E-state index in [0.29, 0.717) is 22.5 Å². The van der Waals surface area contributed by atoms with Gasteiger partial charge in [-0.05, 0) is 42.3 Å². The summed E-state index contributed by atoms with van der Waals surface area (Å²) < 4.78 is 27.7. The number of sulfonamides is 1. The number of carboxylic acid groups (broad SMARTS) is 1. The summed E-state index contributed by atoms with van der Waals surface area (Å²) in [4.78, 5) is 24.7. The Morgan fingerprint density at radius 3 is 2.50 bits per heavy atom. The van der Waals surface area contributed by atoms with Crippen molar-refractivity contribution in [2.45, 2.75) is 18.2 Å². The quantitative estimate of drug-likeness (QED) is 0.302. The third kappa shape index (κ3) is 4.39. The van der Waals surface area contributed by atoms with Crippen molar-refractivity contribution in [1.29, 1.82) is 0 Å². The number of rotatable bonds is 7. The van der Waals surface area contributed by atoms with Crippen LogP contribution in [0.5, 0.6) is 0 Å². The first-order valence-electron chi connectivity index (χ1n) is 11.0. The predicted octanol–water partition coefficient (Wildman–Crippen LogP) is 4.14. The van der Waals surface area contributed by atoms with Gasteiger partial charge in [-0.15, -0.1) is 0 Å². The van der Waals surface area contributed by atoms with Crippen LogP contribution < -0.4 is 4.72 Å². The second kappa shape index (κ2) is 9.19. The summed E-state index contributed by atoms with van der Waals surface area (Å²) in [6, 6.07) is 15.2. The Kier molecular flexibility index (Phi) is 5.90. The number of anilines is 1. The maximum atomic E-state index is 12.7. The van der Waals surface area contributed by atoms with Gasteiger partial charge in [-0.1, -0.05) is 31.2 Å². The van der Waals surface area contributed by atoms with Crippen LogP contribution in [0.25, 0.3) is 33.7 Å². The zero-order valence-corrected chi connectivity index (χ0v) is 19.8. The van der Waals surface area contributed by atoms with Crippen molar-refractivity contribution in [1.82, 2.24) is 25.1 Å². The molecule has 0 aliphatic carbocycles. The number of aromatic amines is 1. The lowest BCUT2D eigenvalue weighted by Crippen LogP contribution is -2.13. The van der Waals surface area contributed by atoms with Crippen LogP contribution >= 0.6 is 0 Å². The molecule has 11 heteroatoms. The molecule has 0 aliphatic heterocycles. The van der Waals surface area contributed by atoms with E-state index in [1.165, 1.54) is 36.8 Å². The van der Waals surface area contributed by atoms with Crippen LogP contribution in [0.15, 0.2) is 78.1 Å². The molecule has 180 valence electrons. The van der Waals surface area contributed by atoms with E-state index in [9.17, 15) is 18.3 Å². The minimum absolute atomic E-state index is 0.00932. The van der Waals surface area contributed by atoms with Gasteiger partial charge in [-0.3, -0.25) is 19.8 Å². The second-order valence-corrected chi connectivity index (χ2v) is 9.62. The SMILES string of the molecule is CCc1ccc(-c2[nH]nc3nc(-c4ccc(S(=O)(=O)Nc5cccnc5)cn4)cc(C(=O)O)c23)cc1. The Morgan fingerprint density at radius 2 is 1.86 bits per heavy atom. The molecule has 1 aromatic carbocycles. The molecule has 0 spiro atoms. The molecule has 5 aromatic rings. The maximum Gasteiger partial charge on any atom is 0.336 e. The Bertz CT molecular complexity index is 1670. The van der Waals surface area contributed by atoms with E-state index in [1.807, 2.05) is 24.3 Å². The molecule has 10 nitrogen and oxygen atoms in total. The Labute approximate surface area is 206 Å². The number of hydrogen-bond donors (Lipinski definition) is 3. The van der Waals surface area contributed by atoms with Crippen LogP contribution in [0, 0.1) is 0 Å². The molecule has 5 rings (SSSR count). The van der Waals surface area contributed by atoms with Crippen LogP contribution in [-0.2, 0) is 16.4 Å². The monoisotopic (exact) mass is 500 g/mol. The highest BCUT2D eigenvalue weighted by Gasteiger charge is 2.21. The van der Waals surface area contributed by atoms with Crippen molar-refractivity contribution in [3.63, 3.8) is 0 Å². The minimum Gasteiger partial charge on any atom is -0.478 e. The molecule has 0 fully saturated rings. The molecule has 0 aliphatic rings. The highest BCUT2D eigenvalue weighted by Crippen LogP contribution is 2.31. The zero-order chi connectivity index (χ0) is 25.3. The lowest BCUT2D eigenvalue weighted by atomic mass is 10.0. The van der Waals surface area contributed by atoms with E-state index in [2.05, 4.69) is 36.8 Å². The molecule has 0 unspecified atom stereocenters. The maximum absolute atomic E-state index is 12.7. The average molecular weight is 501 g/mol. The number of aromatic nitrogens is 5. The molecule has 0 saturated heterocycles. The molecule has 0 amide bonds. The van der Waals surface area contributed by atoms with Gasteiger partial charge in [-0.25, -0.2) is 18.2 Å². The van der Waals surface area contributed by atoms with E-state index >= 15 is 0 Å². The van der Waals surface area contributed by atoms with Crippen LogP contribution in [0.3, 0.4) is 0 Å². The van der Waals surface area contributed by atoms with Gasteiger partial charge in [0.2, 0.25) is 0 Å². The summed E-state index contributed by atoms with van der Waals surface area (Å²) in [5.41, 5.74) is 3.61. The summed E-state index contributed by atoms with van der Waals surface area (Å²) in [5.74, 6) is -1.14. The fourth-order valence-electron chi connectivity index (χ4n) is 3.77. The number of nitrogens with one attached hydrogen (secondary N) is 2. The summed E-state index contributed by atoms with van der Waals surface area (Å²) >= 11 is 0. The van der Waals surface area contributed by atoms with Crippen molar-refractivity contribution >= 4 is 32.7 Å². The highest BCUT2D eigenvalue weighted by molar-refractivity contribution is 7.92. The van der Waals surface area contributed by atoms with Crippen molar-refractivity contribution in [2.75, 3.05) is 4.72 Å². The number of pyridine rings is 3. The number of carbonyl (C=O) groups is 1.